The van der Waals surface area contributed by atoms with Gasteiger partial charge in [-0.25, -0.2) is 0 Å². The largest absolute Gasteiger partial charge is 4.00 e. The quantitative estimate of drug-likeness (QED) is 0.281. The second kappa shape index (κ2) is 11.3. The van der Waals surface area contributed by atoms with E-state index in [1.165, 1.54) is 32.1 Å². The molecule has 0 spiro atoms. The third-order valence-electron chi connectivity index (χ3n) is 9.21. The summed E-state index contributed by atoms with van der Waals surface area (Å²) < 4.78 is 0. The monoisotopic (exact) mass is 498 g/mol. The molecule has 4 heteroatoms. The van der Waals surface area contributed by atoms with E-state index >= 15 is 0 Å². The Balaban J connectivity index is 0. The van der Waals surface area contributed by atoms with Gasteiger partial charge in [0.2, 0.25) is 0 Å². The van der Waals surface area contributed by atoms with E-state index < -0.39 is 8.24 Å². The van der Waals surface area contributed by atoms with Crippen LogP contribution in [0.15, 0.2) is 0 Å². The van der Waals surface area contributed by atoms with E-state index in [1.807, 2.05) is 0 Å². The van der Waals surface area contributed by atoms with Crippen molar-refractivity contribution in [2.75, 3.05) is 14.1 Å². The molecule has 0 N–H and O–H groups in total. The zero-order chi connectivity index (χ0) is 21.3. The van der Waals surface area contributed by atoms with Gasteiger partial charge in [0.25, 0.3) is 0 Å². The molecule has 3 saturated carbocycles. The van der Waals surface area contributed by atoms with Crippen molar-refractivity contribution in [2.24, 2.45) is 34.5 Å². The fourth-order valence-electron chi connectivity index (χ4n) is 7.88. The van der Waals surface area contributed by atoms with Crippen LogP contribution in [0.3, 0.4) is 0 Å². The second-order valence-corrected chi connectivity index (χ2v) is 18.1. The molecule has 0 aromatic rings. The molecular formula is C28H58N2SiTi. The summed E-state index contributed by atoms with van der Waals surface area (Å²) in [6, 6.07) is 0.763. The van der Waals surface area contributed by atoms with Crippen molar-refractivity contribution < 1.29 is 21.7 Å². The van der Waals surface area contributed by atoms with Gasteiger partial charge in [-0.15, -0.1) is 5.54 Å². The molecule has 6 atom stereocenters. The van der Waals surface area contributed by atoms with Gasteiger partial charge in [-0.1, -0.05) is 75.3 Å². The van der Waals surface area contributed by atoms with E-state index in [4.69, 9.17) is 4.98 Å². The van der Waals surface area contributed by atoms with Crippen LogP contribution in [0.5, 0.6) is 0 Å². The summed E-state index contributed by atoms with van der Waals surface area (Å²) in [6.07, 6.45) is 7.14. The predicted molar refractivity (Wildman–Crippen MR) is 146 cm³/mol. The van der Waals surface area contributed by atoms with E-state index in [0.29, 0.717) is 10.8 Å². The van der Waals surface area contributed by atoms with Crippen molar-refractivity contribution in [3.05, 3.63) is 27.3 Å². The van der Waals surface area contributed by atoms with Crippen LogP contribution in [-0.4, -0.2) is 38.8 Å². The van der Waals surface area contributed by atoms with Crippen LogP contribution < -0.4 is 0 Å². The first kappa shape index (κ1) is 35.0. The van der Waals surface area contributed by atoms with Crippen LogP contribution in [0.1, 0.15) is 80.6 Å². The molecule has 0 heterocycles. The van der Waals surface area contributed by atoms with Gasteiger partial charge in [-0.05, 0) is 80.7 Å². The van der Waals surface area contributed by atoms with Crippen LogP contribution in [0.2, 0.25) is 18.6 Å². The topological polar surface area (TPSA) is 17.3 Å². The number of fused-ring (bicyclic) bond motifs is 2. The molecule has 5 unspecified atom stereocenters. The van der Waals surface area contributed by atoms with Crippen LogP contribution >= 0.6 is 0 Å². The summed E-state index contributed by atoms with van der Waals surface area (Å²) in [5, 5.41) is 0. The van der Waals surface area contributed by atoms with E-state index in [0.717, 1.165) is 35.3 Å². The van der Waals surface area contributed by atoms with Crippen LogP contribution in [-0.2, 0) is 21.7 Å². The Morgan fingerprint density at radius 3 is 1.56 bits per heavy atom. The Kier molecular flexibility index (Phi) is 12.3. The average molecular weight is 499 g/mol. The van der Waals surface area contributed by atoms with Crippen molar-refractivity contribution in [2.45, 2.75) is 111 Å². The Morgan fingerprint density at radius 1 is 0.781 bits per heavy atom. The summed E-state index contributed by atoms with van der Waals surface area (Å²) in [4.78, 5) is 8.07. The number of hydrogen-bond acceptors (Lipinski definition) is 1. The van der Waals surface area contributed by atoms with Crippen LogP contribution in [0.4, 0.5) is 0 Å². The van der Waals surface area contributed by atoms with E-state index in [-0.39, 0.29) is 49.5 Å². The molecule has 0 aliphatic heterocycles. The van der Waals surface area contributed by atoms with E-state index in [2.05, 4.69) is 80.6 Å². The fourth-order valence-corrected chi connectivity index (χ4v) is 12.0. The summed E-state index contributed by atoms with van der Waals surface area (Å²) >= 11 is 0. The smallest absolute Gasteiger partial charge is 0.660 e. The van der Waals surface area contributed by atoms with Crippen molar-refractivity contribution >= 4 is 8.24 Å². The summed E-state index contributed by atoms with van der Waals surface area (Å²) in [5.74, 6) is 3.59. The molecule has 2 nitrogen and oxygen atoms in total. The average Bonchev–Trinajstić information content (AvgIpc) is 2.88. The van der Waals surface area contributed by atoms with Gasteiger partial charge in [0.1, 0.15) is 0 Å². The number of rotatable bonds is 3. The molecule has 0 saturated heterocycles. The zero-order valence-corrected chi connectivity index (χ0v) is 27.0. The molecule has 0 aromatic heterocycles. The standard InChI is InChI=1S/C25H49N2Si.3CH3.Ti/c1-23(2,3)26-28(10,11)22-16-21(27(8)9)17-14-19-20(15-18(17)22)25(6,7)13-12-24(19,4)5;;;;/h17-22H,12-16H2,1-11H3;3*1H3;/q4*-1;+4/t17?,18?,19?,20-,21?,22?;;;;/m1..../s1. The molecule has 0 bridgehead atoms. The van der Waals surface area contributed by atoms with Crippen molar-refractivity contribution in [1.82, 2.24) is 4.90 Å². The minimum atomic E-state index is -1.64. The van der Waals surface area contributed by atoms with Gasteiger partial charge >= 0.3 is 21.7 Å². The van der Waals surface area contributed by atoms with Gasteiger partial charge in [-0.3, -0.25) is 0 Å². The van der Waals surface area contributed by atoms with E-state index in [1.54, 1.807) is 0 Å². The molecule has 0 aromatic carbocycles. The molecule has 3 rings (SSSR count). The maximum absolute atomic E-state index is 5.50. The first-order valence-corrected chi connectivity index (χ1v) is 15.0. The van der Waals surface area contributed by atoms with Crippen molar-refractivity contribution in [3.63, 3.8) is 0 Å². The molecule has 0 amide bonds. The van der Waals surface area contributed by atoms with Gasteiger partial charge in [0.15, 0.2) is 0 Å². The van der Waals surface area contributed by atoms with E-state index in [9.17, 15) is 0 Å². The molecular weight excluding hydrogens is 440 g/mol. The third kappa shape index (κ3) is 6.74. The Hall–Kier alpha value is 0.851. The minimum Gasteiger partial charge on any atom is -0.660 e. The number of nitrogens with zero attached hydrogens (tertiary/aromatic N) is 2. The summed E-state index contributed by atoms with van der Waals surface area (Å²) in [5.41, 5.74) is 1.98. The maximum atomic E-state index is 5.50. The fraction of sp³-hybridized carbons (Fsp3) is 0.893. The Labute approximate surface area is 220 Å². The molecule has 0 radical (unpaired) electrons. The molecule has 32 heavy (non-hydrogen) atoms. The third-order valence-corrected chi connectivity index (χ3v) is 12.9. The summed E-state index contributed by atoms with van der Waals surface area (Å²) in [7, 11) is 3.03. The zero-order valence-electron chi connectivity index (χ0n) is 24.4. The minimum absolute atomic E-state index is 0. The van der Waals surface area contributed by atoms with Gasteiger partial charge in [0.05, 0.1) is 0 Å². The van der Waals surface area contributed by atoms with Gasteiger partial charge in [0, 0.05) is 6.04 Å². The first-order valence-electron chi connectivity index (χ1n) is 12.0. The molecule has 3 aliphatic carbocycles. The Bertz CT molecular complexity index is 578. The van der Waals surface area contributed by atoms with Crippen molar-refractivity contribution in [3.8, 4) is 0 Å². The molecule has 3 fully saturated rings. The molecule has 188 valence electrons. The van der Waals surface area contributed by atoms with Gasteiger partial charge < -0.3 is 32.2 Å². The second-order valence-electron chi connectivity index (χ2n) is 13.8. The molecule has 3 aliphatic rings. The van der Waals surface area contributed by atoms with Crippen LogP contribution in [0, 0.1) is 56.8 Å². The van der Waals surface area contributed by atoms with Crippen LogP contribution in [0.25, 0.3) is 4.98 Å². The predicted octanol–water partition coefficient (Wildman–Crippen LogP) is 8.52. The Morgan fingerprint density at radius 2 is 1.19 bits per heavy atom. The normalized spacial score (nSPS) is 35.2. The first-order chi connectivity index (χ1) is 12.6. The van der Waals surface area contributed by atoms with Crippen molar-refractivity contribution in [1.29, 1.82) is 0 Å². The maximum Gasteiger partial charge on any atom is 4.00 e. The SMILES string of the molecule is CN(C)C1CC([Si](C)(C)[N-]C(C)(C)C)C2C[C@@H]3C(CC21)C(C)(C)CCC3(C)C.[CH3-].[CH3-].[CH3-].[Ti+4]. The summed E-state index contributed by atoms with van der Waals surface area (Å²) in [6.45, 7) is 22.4. The van der Waals surface area contributed by atoms with Gasteiger partial charge in [-0.2, -0.15) is 0 Å². The number of hydrogen-bond donors (Lipinski definition) is 0.